The summed E-state index contributed by atoms with van der Waals surface area (Å²) in [4.78, 5) is 11.9. The molecule has 0 saturated heterocycles. The fourth-order valence-corrected chi connectivity index (χ4v) is 2.89. The van der Waals surface area contributed by atoms with Gasteiger partial charge in [-0.25, -0.2) is 12.8 Å². The highest BCUT2D eigenvalue weighted by atomic mass is 32.2. The van der Waals surface area contributed by atoms with E-state index in [1.54, 1.807) is 12.1 Å². The van der Waals surface area contributed by atoms with E-state index in [9.17, 15) is 17.6 Å². The van der Waals surface area contributed by atoms with Crippen LogP contribution in [-0.2, 0) is 16.4 Å². The van der Waals surface area contributed by atoms with Crippen molar-refractivity contribution in [1.82, 2.24) is 5.32 Å². The molecule has 0 spiro atoms. The minimum absolute atomic E-state index is 0.0768. The molecular formula is C15H16FNO4S. The third-order valence-electron chi connectivity index (χ3n) is 3.13. The molecule has 22 heavy (non-hydrogen) atoms. The summed E-state index contributed by atoms with van der Waals surface area (Å²) in [5, 5.41) is 1.83. The van der Waals surface area contributed by atoms with Crippen molar-refractivity contribution in [3.63, 3.8) is 0 Å². The van der Waals surface area contributed by atoms with Gasteiger partial charge >= 0.3 is 0 Å². The first-order chi connectivity index (χ1) is 10.3. The van der Waals surface area contributed by atoms with Crippen molar-refractivity contribution in [3.05, 3.63) is 53.7 Å². The van der Waals surface area contributed by atoms with Crippen molar-refractivity contribution in [1.29, 1.82) is 0 Å². The topological polar surface area (TPSA) is 76.4 Å². The smallest absolute Gasteiger partial charge is 0.254 e. The molecule has 5 nitrogen and oxygen atoms in total. The standard InChI is InChI=1S/C15H16FNO4S/c1-10(2)22(19,20)12-5-6-14(16)13(8-12)15(18)17-9-11-4-3-7-21-11/h3-8,10H,9H2,1-2H3,(H,17,18). The third kappa shape index (κ3) is 3.36. The van der Waals surface area contributed by atoms with E-state index in [-0.39, 0.29) is 17.0 Å². The Balaban J connectivity index is 2.25. The summed E-state index contributed by atoms with van der Waals surface area (Å²) in [7, 11) is -3.57. The summed E-state index contributed by atoms with van der Waals surface area (Å²) < 4.78 is 43.0. The van der Waals surface area contributed by atoms with Crippen LogP contribution in [0.5, 0.6) is 0 Å². The molecule has 1 N–H and O–H groups in total. The lowest BCUT2D eigenvalue weighted by Gasteiger charge is -2.10. The predicted molar refractivity (Wildman–Crippen MR) is 78.6 cm³/mol. The van der Waals surface area contributed by atoms with Crippen molar-refractivity contribution in [2.75, 3.05) is 0 Å². The highest BCUT2D eigenvalue weighted by Crippen LogP contribution is 2.19. The SMILES string of the molecule is CC(C)S(=O)(=O)c1ccc(F)c(C(=O)NCc2ccco2)c1. The van der Waals surface area contributed by atoms with E-state index < -0.39 is 26.8 Å². The zero-order valence-corrected chi connectivity index (χ0v) is 13.0. The number of carbonyl (C=O) groups is 1. The molecule has 0 saturated carbocycles. The van der Waals surface area contributed by atoms with Gasteiger partial charge in [-0.05, 0) is 44.2 Å². The minimum atomic E-state index is -3.57. The molecule has 0 aliphatic carbocycles. The monoisotopic (exact) mass is 325 g/mol. The zero-order chi connectivity index (χ0) is 16.3. The lowest BCUT2D eigenvalue weighted by atomic mass is 10.2. The molecule has 0 aliphatic heterocycles. The molecule has 1 amide bonds. The van der Waals surface area contributed by atoms with Gasteiger partial charge in [0.25, 0.3) is 5.91 Å². The van der Waals surface area contributed by atoms with E-state index >= 15 is 0 Å². The first-order valence-corrected chi connectivity index (χ1v) is 8.21. The van der Waals surface area contributed by atoms with E-state index in [0.29, 0.717) is 5.76 Å². The van der Waals surface area contributed by atoms with Gasteiger partial charge in [-0.15, -0.1) is 0 Å². The lowest BCUT2D eigenvalue weighted by molar-refractivity contribution is 0.0943. The van der Waals surface area contributed by atoms with Crippen LogP contribution >= 0.6 is 0 Å². The summed E-state index contributed by atoms with van der Waals surface area (Å²) in [5.41, 5.74) is -0.312. The molecule has 118 valence electrons. The Labute approximate surface area is 128 Å². The summed E-state index contributed by atoms with van der Waals surface area (Å²) in [6, 6.07) is 6.53. The summed E-state index contributed by atoms with van der Waals surface area (Å²) >= 11 is 0. The molecule has 1 aromatic heterocycles. The second-order valence-electron chi connectivity index (χ2n) is 5.00. The van der Waals surface area contributed by atoms with Gasteiger partial charge in [0.1, 0.15) is 11.6 Å². The van der Waals surface area contributed by atoms with E-state index in [4.69, 9.17) is 4.42 Å². The first kappa shape index (κ1) is 16.2. The molecule has 1 heterocycles. The molecule has 2 aromatic rings. The van der Waals surface area contributed by atoms with Gasteiger partial charge in [0.15, 0.2) is 9.84 Å². The Bertz CT molecular complexity index is 767. The van der Waals surface area contributed by atoms with Crippen molar-refractivity contribution >= 4 is 15.7 Å². The van der Waals surface area contributed by atoms with Crippen LogP contribution in [0, 0.1) is 5.82 Å². The Morgan fingerprint density at radius 1 is 1.32 bits per heavy atom. The second kappa shape index (κ2) is 6.31. The molecule has 1 aromatic carbocycles. The number of carbonyl (C=O) groups excluding carboxylic acids is 1. The van der Waals surface area contributed by atoms with E-state index in [0.717, 1.165) is 18.2 Å². The molecule has 0 radical (unpaired) electrons. The van der Waals surface area contributed by atoms with Crippen LogP contribution in [0.1, 0.15) is 30.0 Å². The number of rotatable bonds is 5. The highest BCUT2D eigenvalue weighted by molar-refractivity contribution is 7.92. The molecular weight excluding hydrogens is 309 g/mol. The number of benzene rings is 1. The molecule has 0 unspecified atom stereocenters. The molecule has 2 rings (SSSR count). The van der Waals surface area contributed by atoms with Crippen LogP contribution in [0.4, 0.5) is 4.39 Å². The normalized spacial score (nSPS) is 11.6. The van der Waals surface area contributed by atoms with Gasteiger partial charge in [-0.1, -0.05) is 0 Å². The summed E-state index contributed by atoms with van der Waals surface area (Å²) in [6.07, 6.45) is 1.46. The number of sulfone groups is 1. The van der Waals surface area contributed by atoms with Crippen LogP contribution in [-0.4, -0.2) is 19.6 Å². The Morgan fingerprint density at radius 2 is 2.05 bits per heavy atom. The largest absolute Gasteiger partial charge is 0.467 e. The Hall–Kier alpha value is -2.15. The fraction of sp³-hybridized carbons (Fsp3) is 0.267. The van der Waals surface area contributed by atoms with Gasteiger partial charge in [0, 0.05) is 0 Å². The van der Waals surface area contributed by atoms with Crippen molar-refractivity contribution in [2.45, 2.75) is 30.5 Å². The van der Waals surface area contributed by atoms with E-state index in [1.165, 1.54) is 20.1 Å². The number of amides is 1. The van der Waals surface area contributed by atoms with Gasteiger partial charge in [-0.3, -0.25) is 4.79 Å². The lowest BCUT2D eigenvalue weighted by Crippen LogP contribution is -2.24. The van der Waals surface area contributed by atoms with Crippen molar-refractivity contribution in [2.24, 2.45) is 0 Å². The van der Waals surface area contributed by atoms with Crippen LogP contribution < -0.4 is 5.32 Å². The van der Waals surface area contributed by atoms with Gasteiger partial charge < -0.3 is 9.73 Å². The number of nitrogens with one attached hydrogen (secondary N) is 1. The minimum Gasteiger partial charge on any atom is -0.467 e. The number of hydrogen-bond acceptors (Lipinski definition) is 4. The van der Waals surface area contributed by atoms with Crippen LogP contribution in [0.25, 0.3) is 0 Å². The van der Waals surface area contributed by atoms with Gasteiger partial charge in [-0.2, -0.15) is 0 Å². The van der Waals surface area contributed by atoms with Crippen LogP contribution in [0.2, 0.25) is 0 Å². The molecule has 7 heteroatoms. The molecule has 0 aliphatic rings. The number of hydrogen-bond donors (Lipinski definition) is 1. The van der Waals surface area contributed by atoms with Crippen LogP contribution in [0.3, 0.4) is 0 Å². The van der Waals surface area contributed by atoms with Gasteiger partial charge in [0.2, 0.25) is 0 Å². The summed E-state index contributed by atoms with van der Waals surface area (Å²) in [5.74, 6) is -0.964. The van der Waals surface area contributed by atoms with Gasteiger partial charge in [0.05, 0.1) is 28.5 Å². The average Bonchev–Trinajstić information content (AvgIpc) is 2.98. The molecule has 0 bridgehead atoms. The number of furan rings is 1. The van der Waals surface area contributed by atoms with Crippen molar-refractivity contribution in [3.8, 4) is 0 Å². The fourth-order valence-electron chi connectivity index (χ4n) is 1.80. The second-order valence-corrected chi connectivity index (χ2v) is 7.50. The summed E-state index contributed by atoms with van der Waals surface area (Å²) in [6.45, 7) is 3.14. The van der Waals surface area contributed by atoms with E-state index in [1.807, 2.05) is 0 Å². The third-order valence-corrected chi connectivity index (χ3v) is 5.29. The van der Waals surface area contributed by atoms with E-state index in [2.05, 4.69) is 5.32 Å². The first-order valence-electron chi connectivity index (χ1n) is 6.66. The maximum Gasteiger partial charge on any atom is 0.254 e. The number of halogens is 1. The predicted octanol–water partition coefficient (Wildman–Crippen LogP) is 2.53. The Kier molecular flexibility index (Phi) is 4.65. The molecule has 0 atom stereocenters. The maximum absolute atomic E-state index is 13.8. The quantitative estimate of drug-likeness (QED) is 0.857. The maximum atomic E-state index is 13.8. The highest BCUT2D eigenvalue weighted by Gasteiger charge is 2.22. The van der Waals surface area contributed by atoms with Crippen molar-refractivity contribution < 1.29 is 22.0 Å². The zero-order valence-electron chi connectivity index (χ0n) is 12.2. The Morgan fingerprint density at radius 3 is 2.64 bits per heavy atom. The average molecular weight is 325 g/mol. The van der Waals surface area contributed by atoms with Crippen LogP contribution in [0.15, 0.2) is 45.9 Å². The molecule has 0 fully saturated rings.